The van der Waals surface area contributed by atoms with Crippen LogP contribution in [-0.4, -0.2) is 44.2 Å². The van der Waals surface area contributed by atoms with E-state index in [1.165, 1.54) is 35.2 Å². The number of sulfonamides is 1. The second-order valence-corrected chi connectivity index (χ2v) is 10.0. The van der Waals surface area contributed by atoms with Gasteiger partial charge >= 0.3 is 0 Å². The van der Waals surface area contributed by atoms with E-state index in [1.54, 1.807) is 43.5 Å². The zero-order valence-electron chi connectivity index (χ0n) is 18.0. The number of benzene rings is 3. The number of fused-ring (bicyclic) bond motifs is 1. The van der Waals surface area contributed by atoms with Gasteiger partial charge in [-0.2, -0.15) is 0 Å². The van der Waals surface area contributed by atoms with Crippen molar-refractivity contribution in [1.29, 1.82) is 0 Å². The largest absolute Gasteiger partial charge is 0.497 e. The second kappa shape index (κ2) is 9.55. The number of nitrogens with zero attached hydrogens (tertiary/aromatic N) is 2. The van der Waals surface area contributed by atoms with Gasteiger partial charge in [0.25, 0.3) is 10.0 Å². The number of rotatable bonds is 8. The minimum Gasteiger partial charge on any atom is -0.497 e. The first-order valence-electron chi connectivity index (χ1n) is 9.97. The molecule has 2 N–H and O–H groups in total. The molecule has 1 aromatic heterocycles. The number of aromatic nitrogens is 2. The Morgan fingerprint density at radius 2 is 1.88 bits per heavy atom. The van der Waals surface area contributed by atoms with Gasteiger partial charge in [0.2, 0.25) is 5.91 Å². The number of para-hydroxylation sites is 1. The minimum atomic E-state index is -3.77. The number of hydrogen-bond acceptors (Lipinski definition) is 6. The van der Waals surface area contributed by atoms with E-state index in [0.29, 0.717) is 22.3 Å². The van der Waals surface area contributed by atoms with Crippen molar-refractivity contribution in [3.8, 4) is 5.75 Å². The van der Waals surface area contributed by atoms with Gasteiger partial charge in [-0.15, -0.1) is 0 Å². The van der Waals surface area contributed by atoms with Gasteiger partial charge in [-0.3, -0.25) is 9.10 Å². The Hall–Kier alpha value is -3.50. The number of carbonyl (C=O) groups excluding carboxylic acids is 1. The van der Waals surface area contributed by atoms with Crippen LogP contribution in [0.1, 0.15) is 0 Å². The summed E-state index contributed by atoms with van der Waals surface area (Å²) in [6.45, 7) is 0. The first kappa shape index (κ1) is 22.7. The monoisotopic (exact) mass is 482 g/mol. The Morgan fingerprint density at radius 1 is 1.09 bits per heavy atom. The Labute approximate surface area is 196 Å². The SMILES string of the molecule is COc1ccc2nc(SCC(=O)Nc3cccc(S(=O)(=O)N(C)c4ccccc4)c3)[nH]c2c1. The molecule has 170 valence electrons. The Kier molecular flexibility index (Phi) is 6.57. The number of methoxy groups -OCH3 is 1. The molecule has 0 spiro atoms. The average Bonchev–Trinajstić information content (AvgIpc) is 3.25. The van der Waals surface area contributed by atoms with E-state index >= 15 is 0 Å². The summed E-state index contributed by atoms with van der Waals surface area (Å²) in [6, 6.07) is 20.5. The second-order valence-electron chi connectivity index (χ2n) is 7.10. The van der Waals surface area contributed by atoms with Crippen LogP contribution in [0.15, 0.2) is 82.8 Å². The number of anilines is 2. The Balaban J connectivity index is 1.42. The van der Waals surface area contributed by atoms with Crippen LogP contribution in [0.25, 0.3) is 11.0 Å². The van der Waals surface area contributed by atoms with Crippen LogP contribution < -0.4 is 14.4 Å². The number of aromatic amines is 1. The molecule has 0 atom stereocenters. The molecule has 0 aliphatic carbocycles. The molecule has 0 bridgehead atoms. The highest BCUT2D eigenvalue weighted by Gasteiger charge is 2.21. The van der Waals surface area contributed by atoms with E-state index in [1.807, 2.05) is 24.3 Å². The highest BCUT2D eigenvalue weighted by molar-refractivity contribution is 7.99. The molecule has 1 amide bonds. The van der Waals surface area contributed by atoms with Crippen molar-refractivity contribution in [3.05, 3.63) is 72.8 Å². The normalized spacial score (nSPS) is 11.3. The summed E-state index contributed by atoms with van der Waals surface area (Å²) >= 11 is 1.25. The molecule has 1 heterocycles. The van der Waals surface area contributed by atoms with E-state index in [4.69, 9.17) is 4.74 Å². The van der Waals surface area contributed by atoms with E-state index in [2.05, 4.69) is 15.3 Å². The van der Waals surface area contributed by atoms with E-state index in [9.17, 15) is 13.2 Å². The highest BCUT2D eigenvalue weighted by atomic mass is 32.2. The van der Waals surface area contributed by atoms with Gasteiger partial charge in [-0.1, -0.05) is 36.0 Å². The first-order valence-corrected chi connectivity index (χ1v) is 12.4. The molecule has 0 unspecified atom stereocenters. The molecule has 3 aromatic carbocycles. The van der Waals surface area contributed by atoms with E-state index in [0.717, 1.165) is 11.0 Å². The predicted molar refractivity (Wildman–Crippen MR) is 130 cm³/mol. The number of H-pyrrole nitrogens is 1. The van der Waals surface area contributed by atoms with Gasteiger partial charge in [-0.05, 0) is 42.5 Å². The maximum atomic E-state index is 13.0. The molecule has 8 nitrogen and oxygen atoms in total. The summed E-state index contributed by atoms with van der Waals surface area (Å²) in [4.78, 5) is 20.2. The first-order chi connectivity index (χ1) is 15.9. The van der Waals surface area contributed by atoms with Crippen molar-refractivity contribution >= 4 is 50.1 Å². The summed E-state index contributed by atoms with van der Waals surface area (Å²) in [5.41, 5.74) is 2.54. The van der Waals surface area contributed by atoms with Crippen molar-refractivity contribution in [2.75, 3.05) is 29.5 Å². The lowest BCUT2D eigenvalue weighted by Crippen LogP contribution is -2.26. The van der Waals surface area contributed by atoms with Crippen LogP contribution in [0.3, 0.4) is 0 Å². The topological polar surface area (TPSA) is 104 Å². The Bertz CT molecular complexity index is 1390. The number of hydrogen-bond donors (Lipinski definition) is 2. The number of thioether (sulfide) groups is 1. The minimum absolute atomic E-state index is 0.0885. The number of imidazole rings is 1. The number of amides is 1. The summed E-state index contributed by atoms with van der Waals surface area (Å²) in [5, 5.41) is 3.36. The Morgan fingerprint density at radius 3 is 2.64 bits per heavy atom. The molecule has 0 aliphatic rings. The zero-order chi connectivity index (χ0) is 23.4. The van der Waals surface area contributed by atoms with Crippen molar-refractivity contribution < 1.29 is 17.9 Å². The van der Waals surface area contributed by atoms with Crippen LogP contribution in [0.5, 0.6) is 5.75 Å². The van der Waals surface area contributed by atoms with Crippen LogP contribution >= 0.6 is 11.8 Å². The van der Waals surface area contributed by atoms with Gasteiger partial charge < -0.3 is 15.0 Å². The van der Waals surface area contributed by atoms with Crippen LogP contribution in [0.4, 0.5) is 11.4 Å². The van der Waals surface area contributed by atoms with Gasteiger partial charge in [0.05, 0.1) is 34.5 Å². The molecule has 4 rings (SSSR count). The van der Waals surface area contributed by atoms with Crippen molar-refractivity contribution in [1.82, 2.24) is 9.97 Å². The molecule has 0 saturated carbocycles. The number of nitrogens with one attached hydrogen (secondary N) is 2. The fraction of sp³-hybridized carbons (Fsp3) is 0.130. The van der Waals surface area contributed by atoms with Crippen LogP contribution in [0.2, 0.25) is 0 Å². The zero-order valence-corrected chi connectivity index (χ0v) is 19.6. The molecule has 10 heteroatoms. The maximum absolute atomic E-state index is 13.0. The summed E-state index contributed by atoms with van der Waals surface area (Å²) in [5.74, 6) is 0.551. The quantitative estimate of drug-likeness (QED) is 0.366. The number of carbonyl (C=O) groups is 1. The fourth-order valence-corrected chi connectivity index (χ4v) is 5.09. The molecule has 0 fully saturated rings. The van der Waals surface area contributed by atoms with E-state index < -0.39 is 10.0 Å². The molecule has 4 aromatic rings. The van der Waals surface area contributed by atoms with Gasteiger partial charge in [0, 0.05) is 18.8 Å². The molecule has 0 aliphatic heterocycles. The number of ether oxygens (including phenoxy) is 1. The lowest BCUT2D eigenvalue weighted by atomic mass is 10.3. The fourth-order valence-electron chi connectivity index (χ4n) is 3.16. The van der Waals surface area contributed by atoms with Crippen molar-refractivity contribution in [2.24, 2.45) is 0 Å². The van der Waals surface area contributed by atoms with E-state index in [-0.39, 0.29) is 16.6 Å². The lowest BCUT2D eigenvalue weighted by Gasteiger charge is -2.19. The van der Waals surface area contributed by atoms with Crippen LogP contribution in [0, 0.1) is 0 Å². The highest BCUT2D eigenvalue weighted by Crippen LogP contribution is 2.25. The third-order valence-corrected chi connectivity index (χ3v) is 7.56. The maximum Gasteiger partial charge on any atom is 0.264 e. The average molecular weight is 483 g/mol. The molecule has 0 saturated heterocycles. The molecule has 0 radical (unpaired) electrons. The smallest absolute Gasteiger partial charge is 0.264 e. The standard InChI is InChI=1S/C23H22N4O4S2/c1-27(17-8-4-3-5-9-17)33(29,30)19-10-6-7-16(13-19)24-22(28)15-32-23-25-20-12-11-18(31-2)14-21(20)26-23/h3-14H,15H2,1-2H3,(H,24,28)(H,25,26). The molecular weight excluding hydrogens is 460 g/mol. The van der Waals surface area contributed by atoms with Gasteiger partial charge in [0.15, 0.2) is 5.16 Å². The lowest BCUT2D eigenvalue weighted by molar-refractivity contribution is -0.113. The van der Waals surface area contributed by atoms with Crippen molar-refractivity contribution in [3.63, 3.8) is 0 Å². The van der Waals surface area contributed by atoms with Gasteiger partial charge in [0.1, 0.15) is 5.75 Å². The third kappa shape index (κ3) is 5.12. The molecule has 33 heavy (non-hydrogen) atoms. The van der Waals surface area contributed by atoms with Crippen LogP contribution in [-0.2, 0) is 14.8 Å². The third-order valence-electron chi connectivity index (χ3n) is 4.90. The summed E-state index contributed by atoms with van der Waals surface area (Å²) < 4.78 is 32.4. The van der Waals surface area contributed by atoms with Gasteiger partial charge in [-0.25, -0.2) is 13.4 Å². The predicted octanol–water partition coefficient (Wildman–Crippen LogP) is 4.13. The van der Waals surface area contributed by atoms with Crippen molar-refractivity contribution in [2.45, 2.75) is 10.1 Å². The molecular formula is C23H22N4O4S2. The summed E-state index contributed by atoms with van der Waals surface area (Å²) in [6.07, 6.45) is 0. The summed E-state index contributed by atoms with van der Waals surface area (Å²) in [7, 11) is -0.684.